The number of pyridine rings is 1. The Morgan fingerprint density at radius 3 is 1.13 bits per heavy atom. The topological polar surface area (TPSA) is 36.8 Å². The molecule has 0 atom stereocenters. The van der Waals surface area contributed by atoms with Crippen LogP contribution < -0.4 is 5.56 Å². The van der Waals surface area contributed by atoms with E-state index in [0.717, 1.165) is 82.8 Å². The Kier molecular flexibility index (Phi) is 6.81. The van der Waals surface area contributed by atoms with Gasteiger partial charge in [0.05, 0.1) is 44.0 Å². The molecule has 4 aromatic heterocycles. The maximum absolute atomic E-state index is 15.3. The minimum absolute atomic E-state index is 0.0505. The van der Waals surface area contributed by atoms with Crippen molar-refractivity contribution in [1.82, 2.24) is 18.3 Å². The smallest absolute Gasteiger partial charge is 0.263 e. The monoisotopic (exact) mass is 766 g/mol. The summed E-state index contributed by atoms with van der Waals surface area (Å²) in [5.41, 5.74) is 11.5. The zero-order valence-corrected chi connectivity index (χ0v) is 32.3. The highest BCUT2D eigenvalue weighted by molar-refractivity contribution is 6.22. The van der Waals surface area contributed by atoms with Crippen LogP contribution in [0.4, 0.5) is 0 Å². The zero-order valence-electron chi connectivity index (χ0n) is 32.3. The van der Waals surface area contributed by atoms with Crippen LogP contribution in [-0.2, 0) is 0 Å². The van der Waals surface area contributed by atoms with Gasteiger partial charge in [0.15, 0.2) is 0 Å². The van der Waals surface area contributed by atoms with Gasteiger partial charge >= 0.3 is 0 Å². The first kappa shape index (κ1) is 32.9. The summed E-state index contributed by atoms with van der Waals surface area (Å²) in [4.78, 5) is 15.3. The van der Waals surface area contributed by atoms with Gasteiger partial charge in [0, 0.05) is 60.5 Å². The number of hydrogen-bond donors (Lipinski definition) is 0. The Morgan fingerprint density at radius 1 is 0.217 bits per heavy atom. The van der Waals surface area contributed by atoms with Crippen LogP contribution in [0.3, 0.4) is 0 Å². The van der Waals surface area contributed by atoms with E-state index in [2.05, 4.69) is 184 Å². The highest BCUT2D eigenvalue weighted by Crippen LogP contribution is 2.41. The molecule has 0 aliphatic heterocycles. The summed E-state index contributed by atoms with van der Waals surface area (Å²) < 4.78 is 8.91. The molecule has 5 nitrogen and oxygen atoms in total. The third-order valence-corrected chi connectivity index (χ3v) is 12.5. The molecule has 5 heteroatoms. The van der Waals surface area contributed by atoms with E-state index < -0.39 is 0 Å². The van der Waals surface area contributed by atoms with Gasteiger partial charge in [0.1, 0.15) is 0 Å². The van der Waals surface area contributed by atoms with Crippen molar-refractivity contribution in [3.63, 3.8) is 0 Å². The standard InChI is InChI=1S/C55H34N4O/c60-55-47-33-52-44(40-23-12-15-27-50(40)58(52)38-28-29-51-43(30-38)39-22-10-13-25-48(39)56(51)35-16-4-1-5-17-35)31-42(47)46-32-45-41-24-11-14-26-49(41)57(36-18-6-2-7-19-36)53(45)34-54(46)59(55)37-20-8-3-9-21-37/h1-34H. The predicted octanol–water partition coefficient (Wildman–Crippen LogP) is 13.4. The molecular weight excluding hydrogens is 733 g/mol. The number of benzene rings is 9. The molecule has 0 aliphatic rings. The van der Waals surface area contributed by atoms with Gasteiger partial charge in [-0.2, -0.15) is 0 Å². The molecule has 13 aromatic rings. The molecule has 0 aliphatic carbocycles. The SMILES string of the molecule is O=c1c2cc3c(cc2c2cc4c5ccccc5n(-c5ccccc5)c4cc2n1-c1ccccc1)c1ccccc1n3-c1ccc2c(c1)c1ccccc1n2-c1ccccc1. The zero-order chi connectivity index (χ0) is 39.5. The second-order valence-electron chi connectivity index (χ2n) is 15.7. The van der Waals surface area contributed by atoms with Gasteiger partial charge in [0.2, 0.25) is 0 Å². The van der Waals surface area contributed by atoms with E-state index in [1.807, 2.05) is 41.0 Å². The quantitative estimate of drug-likeness (QED) is 0.164. The normalized spacial score (nSPS) is 12.1. The molecule has 0 spiro atoms. The summed E-state index contributed by atoms with van der Waals surface area (Å²) in [6.45, 7) is 0. The van der Waals surface area contributed by atoms with Gasteiger partial charge < -0.3 is 13.7 Å². The third kappa shape index (κ3) is 4.54. The second-order valence-corrected chi connectivity index (χ2v) is 15.7. The van der Waals surface area contributed by atoms with Crippen molar-refractivity contribution in [2.45, 2.75) is 0 Å². The fraction of sp³-hybridized carbons (Fsp3) is 0. The third-order valence-electron chi connectivity index (χ3n) is 12.5. The van der Waals surface area contributed by atoms with Gasteiger partial charge in [-0.05, 0) is 102 Å². The van der Waals surface area contributed by atoms with E-state index in [1.165, 1.54) is 21.7 Å². The number of fused-ring (bicyclic) bond motifs is 12. The first-order chi connectivity index (χ1) is 29.7. The summed E-state index contributed by atoms with van der Waals surface area (Å²) in [6, 6.07) is 72.7. The first-order valence-corrected chi connectivity index (χ1v) is 20.4. The van der Waals surface area contributed by atoms with E-state index in [9.17, 15) is 0 Å². The lowest BCUT2D eigenvalue weighted by Gasteiger charge is -2.16. The maximum Gasteiger partial charge on any atom is 0.263 e. The maximum atomic E-state index is 15.3. The van der Waals surface area contributed by atoms with E-state index in [-0.39, 0.29) is 5.56 Å². The molecule has 0 radical (unpaired) electrons. The Balaban J connectivity index is 1.15. The van der Waals surface area contributed by atoms with Crippen LogP contribution in [0.15, 0.2) is 211 Å². The van der Waals surface area contributed by atoms with Gasteiger partial charge in [-0.25, -0.2) is 0 Å². The Morgan fingerprint density at radius 2 is 0.583 bits per heavy atom. The summed E-state index contributed by atoms with van der Waals surface area (Å²) >= 11 is 0. The Bertz CT molecular complexity index is 3950. The van der Waals surface area contributed by atoms with Crippen molar-refractivity contribution in [3.05, 3.63) is 217 Å². The van der Waals surface area contributed by atoms with Crippen molar-refractivity contribution < 1.29 is 0 Å². The van der Waals surface area contributed by atoms with Gasteiger partial charge in [0.25, 0.3) is 5.56 Å². The Labute approximate surface area is 343 Å². The molecule has 0 bridgehead atoms. The van der Waals surface area contributed by atoms with E-state index in [0.29, 0.717) is 5.39 Å². The molecular formula is C55H34N4O. The number of aromatic nitrogens is 4. The molecule has 60 heavy (non-hydrogen) atoms. The molecule has 0 unspecified atom stereocenters. The van der Waals surface area contributed by atoms with Crippen LogP contribution in [0.25, 0.3) is 110 Å². The van der Waals surface area contributed by atoms with Crippen molar-refractivity contribution in [2.75, 3.05) is 0 Å². The van der Waals surface area contributed by atoms with E-state index in [4.69, 9.17) is 0 Å². The van der Waals surface area contributed by atoms with Gasteiger partial charge in [-0.1, -0.05) is 109 Å². The molecule has 9 aromatic carbocycles. The average Bonchev–Trinajstić information content (AvgIpc) is 3.94. The number of rotatable bonds is 4. The van der Waals surface area contributed by atoms with Gasteiger partial charge in [-0.15, -0.1) is 0 Å². The Hall–Kier alpha value is -8.15. The minimum atomic E-state index is -0.0505. The molecule has 0 amide bonds. The number of hydrogen-bond acceptors (Lipinski definition) is 1. The van der Waals surface area contributed by atoms with Crippen LogP contribution in [0.2, 0.25) is 0 Å². The molecule has 13 rings (SSSR count). The van der Waals surface area contributed by atoms with Crippen LogP contribution in [-0.4, -0.2) is 18.3 Å². The van der Waals surface area contributed by atoms with E-state index in [1.54, 1.807) is 0 Å². The lowest BCUT2D eigenvalue weighted by Crippen LogP contribution is -2.19. The van der Waals surface area contributed by atoms with Crippen LogP contribution in [0, 0.1) is 0 Å². The van der Waals surface area contributed by atoms with Crippen molar-refractivity contribution in [3.8, 4) is 22.7 Å². The molecule has 0 saturated heterocycles. The summed E-state index contributed by atoms with van der Waals surface area (Å²) in [5.74, 6) is 0. The number of para-hydroxylation sites is 6. The first-order valence-electron chi connectivity index (χ1n) is 20.4. The van der Waals surface area contributed by atoms with E-state index >= 15 is 4.79 Å². The molecule has 4 heterocycles. The van der Waals surface area contributed by atoms with Crippen LogP contribution >= 0.6 is 0 Å². The minimum Gasteiger partial charge on any atom is -0.309 e. The fourth-order valence-electron chi connectivity index (χ4n) is 9.97. The molecule has 0 saturated carbocycles. The van der Waals surface area contributed by atoms with Crippen molar-refractivity contribution in [1.29, 1.82) is 0 Å². The fourth-order valence-corrected chi connectivity index (χ4v) is 9.97. The summed E-state index contributed by atoms with van der Waals surface area (Å²) in [7, 11) is 0. The predicted molar refractivity (Wildman–Crippen MR) is 250 cm³/mol. The summed E-state index contributed by atoms with van der Waals surface area (Å²) in [5, 5.41) is 9.59. The van der Waals surface area contributed by atoms with Gasteiger partial charge in [-0.3, -0.25) is 9.36 Å². The largest absolute Gasteiger partial charge is 0.309 e. The highest BCUT2D eigenvalue weighted by atomic mass is 16.1. The molecule has 0 N–H and O–H groups in total. The van der Waals surface area contributed by atoms with Crippen molar-refractivity contribution >= 4 is 87.1 Å². The van der Waals surface area contributed by atoms with Crippen LogP contribution in [0.1, 0.15) is 0 Å². The van der Waals surface area contributed by atoms with Crippen molar-refractivity contribution in [2.24, 2.45) is 0 Å². The summed E-state index contributed by atoms with van der Waals surface area (Å²) in [6.07, 6.45) is 0. The molecule has 280 valence electrons. The second kappa shape index (κ2) is 12.4. The lowest BCUT2D eigenvalue weighted by molar-refractivity contribution is 1.06. The lowest BCUT2D eigenvalue weighted by atomic mass is 10.0. The number of nitrogens with zero attached hydrogens (tertiary/aromatic N) is 4. The molecule has 0 fully saturated rings. The average molecular weight is 767 g/mol. The highest BCUT2D eigenvalue weighted by Gasteiger charge is 2.22. The van der Waals surface area contributed by atoms with Crippen LogP contribution in [0.5, 0.6) is 0 Å².